The van der Waals surface area contributed by atoms with Gasteiger partial charge < -0.3 is 20.1 Å². The van der Waals surface area contributed by atoms with Crippen molar-refractivity contribution in [2.24, 2.45) is 5.92 Å². The molecule has 0 unspecified atom stereocenters. The Balaban J connectivity index is 1.53. The van der Waals surface area contributed by atoms with Crippen LogP contribution in [-0.2, 0) is 14.6 Å². The lowest BCUT2D eigenvalue weighted by molar-refractivity contribution is -0.138. The number of alkyl halides is 2. The van der Waals surface area contributed by atoms with E-state index in [1.807, 2.05) is 0 Å². The van der Waals surface area contributed by atoms with Gasteiger partial charge in [-0.3, -0.25) is 9.59 Å². The van der Waals surface area contributed by atoms with Crippen LogP contribution in [0.2, 0.25) is 0 Å². The lowest BCUT2D eigenvalue weighted by atomic mass is 9.98. The van der Waals surface area contributed by atoms with Gasteiger partial charge in [-0.25, -0.2) is 22.2 Å². The largest absolute Gasteiger partial charge is 0.481 e. The van der Waals surface area contributed by atoms with E-state index < -0.39 is 64.2 Å². The Labute approximate surface area is 171 Å². The quantitative estimate of drug-likeness (QED) is 0.599. The molecule has 3 heterocycles. The van der Waals surface area contributed by atoms with Gasteiger partial charge in [0.25, 0.3) is 11.8 Å². The number of carboxylic acid groups (broad SMARTS) is 1. The first-order valence-electron chi connectivity index (χ1n) is 9.47. The maximum Gasteiger partial charge on any atom is 0.305 e. The molecule has 12 heteroatoms. The average Bonchev–Trinajstić information content (AvgIpc) is 3.39. The van der Waals surface area contributed by atoms with Crippen molar-refractivity contribution in [3.8, 4) is 5.88 Å². The molecule has 1 saturated carbocycles. The maximum atomic E-state index is 13.3. The van der Waals surface area contributed by atoms with Gasteiger partial charge in [-0.1, -0.05) is 0 Å². The van der Waals surface area contributed by atoms with Crippen LogP contribution in [0.1, 0.15) is 29.8 Å². The van der Waals surface area contributed by atoms with Crippen LogP contribution < -0.4 is 15.0 Å². The molecule has 164 valence electrons. The predicted molar refractivity (Wildman–Crippen MR) is 101 cm³/mol. The normalized spacial score (nSPS) is 23.1. The molecule has 1 aromatic rings. The Kier molecular flexibility index (Phi) is 4.87. The molecule has 1 aliphatic carbocycles. The molecule has 1 aromatic heterocycles. The van der Waals surface area contributed by atoms with E-state index in [1.54, 1.807) is 0 Å². The summed E-state index contributed by atoms with van der Waals surface area (Å²) < 4.78 is 55.4. The molecule has 0 atom stereocenters. The molecule has 1 amide bonds. The van der Waals surface area contributed by atoms with Gasteiger partial charge in [0.1, 0.15) is 11.4 Å². The zero-order valence-corrected chi connectivity index (χ0v) is 16.8. The molecular weight excluding hydrogens is 424 g/mol. The number of carboxylic acids is 1. The molecule has 30 heavy (non-hydrogen) atoms. The summed E-state index contributed by atoms with van der Waals surface area (Å²) in [7, 11) is -3.41. The SMILES string of the molecule is O=C(O)CC1(NC(=O)c2ccc(N3CC(F)(F)C3)c(OCC3CC3)n2)CS(=O)(=O)C1. The summed E-state index contributed by atoms with van der Waals surface area (Å²) in [6.45, 7) is -0.588. The molecule has 0 spiro atoms. The summed E-state index contributed by atoms with van der Waals surface area (Å²) in [5.74, 6) is -5.28. The molecule has 0 aromatic carbocycles. The lowest BCUT2D eigenvalue weighted by Crippen LogP contribution is -2.66. The van der Waals surface area contributed by atoms with Gasteiger partial charge in [0.2, 0.25) is 5.88 Å². The summed E-state index contributed by atoms with van der Waals surface area (Å²) in [6.07, 6.45) is 1.47. The highest BCUT2D eigenvalue weighted by molar-refractivity contribution is 7.93. The number of ether oxygens (including phenoxy) is 1. The van der Waals surface area contributed by atoms with E-state index in [4.69, 9.17) is 9.84 Å². The molecule has 3 aliphatic rings. The molecule has 0 radical (unpaired) electrons. The monoisotopic (exact) mass is 445 g/mol. The van der Waals surface area contributed by atoms with Crippen LogP contribution in [0.5, 0.6) is 5.88 Å². The van der Waals surface area contributed by atoms with Crippen molar-refractivity contribution in [3.05, 3.63) is 17.8 Å². The van der Waals surface area contributed by atoms with Crippen LogP contribution >= 0.6 is 0 Å². The fraction of sp³-hybridized carbons (Fsp3) is 0.611. The minimum Gasteiger partial charge on any atom is -0.481 e. The molecule has 0 bridgehead atoms. The second-order valence-electron chi connectivity index (χ2n) is 8.32. The van der Waals surface area contributed by atoms with Crippen molar-refractivity contribution in [3.63, 3.8) is 0 Å². The third-order valence-corrected chi connectivity index (χ3v) is 7.26. The van der Waals surface area contributed by atoms with Crippen LogP contribution in [0.4, 0.5) is 14.5 Å². The van der Waals surface area contributed by atoms with E-state index in [2.05, 4.69) is 10.3 Å². The van der Waals surface area contributed by atoms with E-state index in [0.29, 0.717) is 18.2 Å². The number of anilines is 1. The van der Waals surface area contributed by atoms with Gasteiger partial charge in [-0.15, -0.1) is 0 Å². The van der Waals surface area contributed by atoms with E-state index in [0.717, 1.165) is 12.8 Å². The number of hydrogen-bond acceptors (Lipinski definition) is 7. The molecular formula is C18H21F2N3O6S. The van der Waals surface area contributed by atoms with Crippen molar-refractivity contribution in [2.75, 3.05) is 36.1 Å². The number of carbonyl (C=O) groups is 2. The van der Waals surface area contributed by atoms with Crippen molar-refractivity contribution >= 4 is 27.4 Å². The number of sulfone groups is 1. The number of carbonyl (C=O) groups excluding carboxylic acids is 1. The molecule has 2 aliphatic heterocycles. The third-order valence-electron chi connectivity index (χ3n) is 5.27. The van der Waals surface area contributed by atoms with Crippen LogP contribution in [0.25, 0.3) is 0 Å². The second-order valence-corrected chi connectivity index (χ2v) is 10.4. The first-order valence-corrected chi connectivity index (χ1v) is 11.3. The molecule has 2 saturated heterocycles. The molecule has 9 nitrogen and oxygen atoms in total. The fourth-order valence-electron chi connectivity index (χ4n) is 3.68. The average molecular weight is 445 g/mol. The fourth-order valence-corrected chi connectivity index (χ4v) is 5.63. The summed E-state index contributed by atoms with van der Waals surface area (Å²) in [4.78, 5) is 29.3. The lowest BCUT2D eigenvalue weighted by Gasteiger charge is -2.41. The summed E-state index contributed by atoms with van der Waals surface area (Å²) in [5.41, 5.74) is -1.15. The number of pyridine rings is 1. The topological polar surface area (TPSA) is 126 Å². The number of hydrogen-bond donors (Lipinski definition) is 2. The minimum atomic E-state index is -3.41. The Morgan fingerprint density at radius 2 is 1.93 bits per heavy atom. The second kappa shape index (κ2) is 7.03. The Morgan fingerprint density at radius 1 is 1.27 bits per heavy atom. The van der Waals surface area contributed by atoms with E-state index in [9.17, 15) is 26.8 Å². The summed E-state index contributed by atoms with van der Waals surface area (Å²) >= 11 is 0. The standard InChI is InChI=1S/C18H21F2N3O6S/c19-18(20)7-23(8-18)13-4-3-12(21-16(13)29-6-11-1-2-11)15(26)22-17(5-14(24)25)9-30(27,28)10-17/h3-4,11H,1-2,5-10H2,(H,22,26)(H,24,25). The zero-order valence-electron chi connectivity index (χ0n) is 15.9. The molecule has 3 fully saturated rings. The van der Waals surface area contributed by atoms with Gasteiger partial charge in [0, 0.05) is 0 Å². The number of nitrogens with one attached hydrogen (secondary N) is 1. The number of nitrogens with zero attached hydrogens (tertiary/aromatic N) is 2. The third kappa shape index (κ3) is 4.47. The number of rotatable bonds is 8. The van der Waals surface area contributed by atoms with Gasteiger partial charge in [-0.2, -0.15) is 0 Å². The smallest absolute Gasteiger partial charge is 0.305 e. The summed E-state index contributed by atoms with van der Waals surface area (Å²) in [5, 5.41) is 11.5. The Bertz CT molecular complexity index is 976. The van der Waals surface area contributed by atoms with Crippen LogP contribution in [0, 0.1) is 5.92 Å². The Hall–Kier alpha value is -2.50. The van der Waals surface area contributed by atoms with Crippen molar-refractivity contribution in [1.82, 2.24) is 10.3 Å². The number of halogens is 2. The number of aliphatic carboxylic acids is 1. The minimum absolute atomic E-state index is 0.0542. The molecule has 2 N–H and O–H groups in total. The highest BCUT2D eigenvalue weighted by Crippen LogP contribution is 2.38. The van der Waals surface area contributed by atoms with Gasteiger partial charge in [-0.05, 0) is 30.9 Å². The van der Waals surface area contributed by atoms with E-state index in [1.165, 1.54) is 17.0 Å². The molecule has 4 rings (SSSR count). The van der Waals surface area contributed by atoms with Crippen LogP contribution in [0.15, 0.2) is 12.1 Å². The van der Waals surface area contributed by atoms with E-state index >= 15 is 0 Å². The zero-order chi connectivity index (χ0) is 21.7. The van der Waals surface area contributed by atoms with Crippen LogP contribution in [-0.4, -0.2) is 73.0 Å². The highest BCUT2D eigenvalue weighted by atomic mass is 32.2. The van der Waals surface area contributed by atoms with Crippen molar-refractivity contribution in [2.45, 2.75) is 30.7 Å². The van der Waals surface area contributed by atoms with Crippen molar-refractivity contribution < 1.29 is 36.6 Å². The van der Waals surface area contributed by atoms with E-state index in [-0.39, 0.29) is 11.6 Å². The summed E-state index contributed by atoms with van der Waals surface area (Å²) in [6, 6.07) is 2.79. The van der Waals surface area contributed by atoms with Crippen LogP contribution in [0.3, 0.4) is 0 Å². The van der Waals surface area contributed by atoms with Crippen molar-refractivity contribution in [1.29, 1.82) is 0 Å². The maximum absolute atomic E-state index is 13.3. The number of aromatic nitrogens is 1. The van der Waals surface area contributed by atoms with Gasteiger partial charge in [0.15, 0.2) is 9.84 Å². The number of amides is 1. The van der Waals surface area contributed by atoms with Gasteiger partial charge >= 0.3 is 5.97 Å². The van der Waals surface area contributed by atoms with Gasteiger partial charge in [0.05, 0.1) is 43.2 Å². The first-order chi connectivity index (χ1) is 14.0. The first kappa shape index (κ1) is 20.8. The highest BCUT2D eigenvalue weighted by Gasteiger charge is 2.51. The Morgan fingerprint density at radius 3 is 2.47 bits per heavy atom. The predicted octanol–water partition coefficient (Wildman–Crippen LogP) is 0.697.